The third kappa shape index (κ3) is 3.05. The van der Waals surface area contributed by atoms with Crippen LogP contribution in [0.3, 0.4) is 0 Å². The normalized spacial score (nSPS) is 10.2. The van der Waals surface area contributed by atoms with Crippen LogP contribution in [0.25, 0.3) is 0 Å². The Morgan fingerprint density at radius 2 is 2.36 bits per heavy atom. The second-order valence-corrected chi connectivity index (χ2v) is 3.50. The van der Waals surface area contributed by atoms with Crippen LogP contribution in [0.4, 0.5) is 0 Å². The lowest BCUT2D eigenvalue weighted by molar-refractivity contribution is 0.271. The minimum atomic E-state index is -0.0417. The Bertz CT molecular complexity index is 323. The van der Waals surface area contributed by atoms with Crippen LogP contribution in [0.5, 0.6) is 5.75 Å². The smallest absolute Gasteiger partial charge is 0.141 e. The molecule has 0 unspecified atom stereocenters. The number of ether oxygens (including phenoxy) is 1. The van der Waals surface area contributed by atoms with E-state index in [1.165, 1.54) is 0 Å². The lowest BCUT2D eigenvalue weighted by Crippen LogP contribution is -2.13. The van der Waals surface area contributed by atoms with Gasteiger partial charge in [0.2, 0.25) is 0 Å². The standard InChI is InChI=1S/C10H15N3O/c1-7(2)6-14-8-3-4-13-9(5-8)10(11)12/h3-5,7H,6H2,1-2H3,(H3,11,12). The van der Waals surface area contributed by atoms with Gasteiger partial charge in [-0.25, -0.2) is 0 Å². The Kier molecular flexibility index (Phi) is 3.45. The molecule has 0 saturated carbocycles. The fourth-order valence-corrected chi connectivity index (χ4v) is 0.911. The molecule has 0 aliphatic carbocycles. The van der Waals surface area contributed by atoms with Gasteiger partial charge < -0.3 is 10.5 Å². The molecule has 3 N–H and O–H groups in total. The van der Waals surface area contributed by atoms with Crippen molar-refractivity contribution < 1.29 is 4.74 Å². The molecule has 0 amide bonds. The third-order valence-electron chi connectivity index (χ3n) is 1.59. The van der Waals surface area contributed by atoms with Crippen molar-refractivity contribution in [1.82, 2.24) is 4.98 Å². The maximum absolute atomic E-state index is 7.21. The summed E-state index contributed by atoms with van der Waals surface area (Å²) in [6.45, 7) is 4.81. The first-order chi connectivity index (χ1) is 6.59. The number of nitrogens with one attached hydrogen (secondary N) is 1. The van der Waals surface area contributed by atoms with E-state index in [1.54, 1.807) is 18.3 Å². The van der Waals surface area contributed by atoms with Crippen LogP contribution in [-0.4, -0.2) is 17.4 Å². The van der Waals surface area contributed by atoms with E-state index in [1.807, 2.05) is 0 Å². The first-order valence-corrected chi connectivity index (χ1v) is 4.53. The highest BCUT2D eigenvalue weighted by molar-refractivity contribution is 5.93. The molecular formula is C10H15N3O. The summed E-state index contributed by atoms with van der Waals surface area (Å²) in [4.78, 5) is 3.94. The molecule has 1 aromatic rings. The highest BCUT2D eigenvalue weighted by Gasteiger charge is 2.01. The first-order valence-electron chi connectivity index (χ1n) is 4.53. The van der Waals surface area contributed by atoms with Gasteiger partial charge in [-0.3, -0.25) is 10.4 Å². The summed E-state index contributed by atoms with van der Waals surface area (Å²) >= 11 is 0. The van der Waals surface area contributed by atoms with Crippen LogP contribution in [0.2, 0.25) is 0 Å². The molecule has 0 fully saturated rings. The molecular weight excluding hydrogens is 178 g/mol. The van der Waals surface area contributed by atoms with Crippen molar-refractivity contribution in [2.24, 2.45) is 11.7 Å². The summed E-state index contributed by atoms with van der Waals surface area (Å²) in [6, 6.07) is 3.43. The fraction of sp³-hybridized carbons (Fsp3) is 0.400. The Morgan fingerprint density at radius 3 is 2.93 bits per heavy atom. The molecule has 76 valence electrons. The van der Waals surface area contributed by atoms with Gasteiger partial charge in [-0.1, -0.05) is 13.8 Å². The Morgan fingerprint density at radius 1 is 1.64 bits per heavy atom. The lowest BCUT2D eigenvalue weighted by atomic mass is 10.2. The molecule has 0 saturated heterocycles. The molecule has 1 rings (SSSR count). The number of aromatic nitrogens is 1. The summed E-state index contributed by atoms with van der Waals surface area (Å²) in [5, 5.41) is 7.21. The molecule has 0 bridgehead atoms. The topological polar surface area (TPSA) is 72.0 Å². The van der Waals surface area contributed by atoms with Crippen LogP contribution in [0.1, 0.15) is 19.5 Å². The number of amidine groups is 1. The highest BCUT2D eigenvalue weighted by atomic mass is 16.5. The Hall–Kier alpha value is -1.58. The maximum atomic E-state index is 7.21. The molecule has 4 nitrogen and oxygen atoms in total. The van der Waals surface area contributed by atoms with E-state index in [0.29, 0.717) is 24.0 Å². The zero-order chi connectivity index (χ0) is 10.6. The monoisotopic (exact) mass is 193 g/mol. The molecule has 0 spiro atoms. The largest absolute Gasteiger partial charge is 0.493 e. The number of nitrogens with two attached hydrogens (primary N) is 1. The van der Waals surface area contributed by atoms with Crippen molar-refractivity contribution in [2.45, 2.75) is 13.8 Å². The highest BCUT2D eigenvalue weighted by Crippen LogP contribution is 2.11. The van der Waals surface area contributed by atoms with Crippen LogP contribution >= 0.6 is 0 Å². The van der Waals surface area contributed by atoms with E-state index in [-0.39, 0.29) is 5.84 Å². The summed E-state index contributed by atoms with van der Waals surface area (Å²) in [5.74, 6) is 1.14. The van der Waals surface area contributed by atoms with Crippen molar-refractivity contribution in [1.29, 1.82) is 5.41 Å². The quantitative estimate of drug-likeness (QED) is 0.560. The predicted molar refractivity (Wildman–Crippen MR) is 55.6 cm³/mol. The number of hydrogen-bond donors (Lipinski definition) is 2. The van der Waals surface area contributed by atoms with Gasteiger partial charge in [0.15, 0.2) is 0 Å². The van der Waals surface area contributed by atoms with Crippen molar-refractivity contribution in [2.75, 3.05) is 6.61 Å². The minimum Gasteiger partial charge on any atom is -0.493 e. The Balaban J connectivity index is 2.69. The average molecular weight is 193 g/mol. The van der Waals surface area contributed by atoms with Gasteiger partial charge in [0.1, 0.15) is 17.3 Å². The van der Waals surface area contributed by atoms with Gasteiger partial charge >= 0.3 is 0 Å². The van der Waals surface area contributed by atoms with E-state index in [2.05, 4.69) is 18.8 Å². The summed E-state index contributed by atoms with van der Waals surface area (Å²) in [6.07, 6.45) is 1.59. The third-order valence-corrected chi connectivity index (χ3v) is 1.59. The summed E-state index contributed by atoms with van der Waals surface area (Å²) < 4.78 is 5.47. The molecule has 14 heavy (non-hydrogen) atoms. The Labute approximate surface area is 83.6 Å². The number of nitrogen functional groups attached to an aromatic ring is 1. The summed E-state index contributed by atoms with van der Waals surface area (Å²) in [5.41, 5.74) is 5.75. The van der Waals surface area contributed by atoms with Crippen LogP contribution < -0.4 is 10.5 Å². The molecule has 0 aromatic carbocycles. The van der Waals surface area contributed by atoms with E-state index in [9.17, 15) is 0 Å². The van der Waals surface area contributed by atoms with E-state index in [4.69, 9.17) is 15.9 Å². The first kappa shape index (κ1) is 10.5. The molecule has 0 atom stereocenters. The zero-order valence-electron chi connectivity index (χ0n) is 8.45. The van der Waals surface area contributed by atoms with Gasteiger partial charge in [-0.05, 0) is 12.0 Å². The van der Waals surface area contributed by atoms with Crippen LogP contribution in [0.15, 0.2) is 18.3 Å². The molecule has 0 aliphatic heterocycles. The van der Waals surface area contributed by atoms with Gasteiger partial charge in [0.05, 0.1) is 6.61 Å². The van der Waals surface area contributed by atoms with Crippen molar-refractivity contribution in [3.63, 3.8) is 0 Å². The lowest BCUT2D eigenvalue weighted by Gasteiger charge is -2.08. The fourth-order valence-electron chi connectivity index (χ4n) is 0.911. The molecule has 0 aliphatic rings. The van der Waals surface area contributed by atoms with E-state index >= 15 is 0 Å². The molecule has 4 heteroatoms. The van der Waals surface area contributed by atoms with Crippen molar-refractivity contribution >= 4 is 5.84 Å². The van der Waals surface area contributed by atoms with Gasteiger partial charge in [-0.2, -0.15) is 0 Å². The number of nitrogens with zero attached hydrogens (tertiary/aromatic N) is 1. The van der Waals surface area contributed by atoms with Crippen molar-refractivity contribution in [3.8, 4) is 5.75 Å². The van der Waals surface area contributed by atoms with Gasteiger partial charge in [0, 0.05) is 12.3 Å². The average Bonchev–Trinajstić information content (AvgIpc) is 2.15. The molecule has 0 radical (unpaired) electrons. The molecule has 1 heterocycles. The van der Waals surface area contributed by atoms with E-state index in [0.717, 1.165) is 0 Å². The SMILES string of the molecule is CC(C)COc1ccnc(C(=N)N)c1. The number of hydrogen-bond acceptors (Lipinski definition) is 3. The number of pyridine rings is 1. The van der Waals surface area contributed by atoms with Crippen LogP contribution in [0, 0.1) is 11.3 Å². The van der Waals surface area contributed by atoms with Crippen LogP contribution in [-0.2, 0) is 0 Å². The molecule has 1 aromatic heterocycles. The van der Waals surface area contributed by atoms with Gasteiger partial charge in [-0.15, -0.1) is 0 Å². The maximum Gasteiger partial charge on any atom is 0.141 e. The van der Waals surface area contributed by atoms with Gasteiger partial charge in [0.25, 0.3) is 0 Å². The second-order valence-electron chi connectivity index (χ2n) is 3.50. The number of rotatable bonds is 4. The predicted octanol–water partition coefficient (Wildman–Crippen LogP) is 1.40. The van der Waals surface area contributed by atoms with E-state index < -0.39 is 0 Å². The van der Waals surface area contributed by atoms with Crippen molar-refractivity contribution in [3.05, 3.63) is 24.0 Å². The second kappa shape index (κ2) is 4.60. The minimum absolute atomic E-state index is 0.0417. The summed E-state index contributed by atoms with van der Waals surface area (Å²) in [7, 11) is 0. The zero-order valence-corrected chi connectivity index (χ0v) is 8.45.